The molecule has 0 saturated carbocycles. The van der Waals surface area contributed by atoms with Crippen LogP contribution in [0.4, 0.5) is 0 Å². The van der Waals surface area contributed by atoms with Crippen LogP contribution in [-0.4, -0.2) is 74.7 Å². The molecule has 2 rings (SSSR count). The number of thioether (sulfide) groups is 1. The largest absolute Gasteiger partial charge is 0.480 e. The van der Waals surface area contributed by atoms with E-state index < -0.39 is 47.2 Å². The van der Waals surface area contributed by atoms with Gasteiger partial charge in [-0.15, -0.1) is 11.8 Å². The third-order valence-corrected chi connectivity index (χ3v) is 5.59. The second kappa shape index (κ2) is 10.7. The summed E-state index contributed by atoms with van der Waals surface area (Å²) in [7, 11) is 0. The molecule has 0 bridgehead atoms. The normalized spacial score (nSPS) is 21.3. The molecular formula is C16H21N3O8SZn. The Morgan fingerprint density at radius 1 is 1.34 bits per heavy atom. The van der Waals surface area contributed by atoms with E-state index in [9.17, 15) is 29.1 Å². The van der Waals surface area contributed by atoms with E-state index in [4.69, 9.17) is 15.6 Å². The molecule has 1 saturated heterocycles. The van der Waals surface area contributed by atoms with Crippen LogP contribution in [0.1, 0.15) is 26.2 Å². The third kappa shape index (κ3) is 6.00. The summed E-state index contributed by atoms with van der Waals surface area (Å²) in [4.78, 5) is 58.7. The van der Waals surface area contributed by atoms with Crippen molar-refractivity contribution < 1.29 is 58.4 Å². The Labute approximate surface area is 183 Å². The number of hydrogen-bond donors (Lipinski definition) is 4. The Balaban J connectivity index is 0.00000420. The Kier molecular flexibility index (Phi) is 9.25. The number of aliphatic carboxylic acids is 2. The van der Waals surface area contributed by atoms with Crippen molar-refractivity contribution in [1.29, 1.82) is 0 Å². The van der Waals surface area contributed by atoms with Crippen molar-refractivity contribution in [3.8, 4) is 0 Å². The zero-order valence-electron chi connectivity index (χ0n) is 15.8. The van der Waals surface area contributed by atoms with E-state index >= 15 is 0 Å². The smallest absolute Gasteiger partial charge is 0.352 e. The van der Waals surface area contributed by atoms with Gasteiger partial charge >= 0.3 is 17.9 Å². The molecule has 2 unspecified atom stereocenters. The van der Waals surface area contributed by atoms with E-state index in [1.54, 1.807) is 0 Å². The maximum Gasteiger partial charge on any atom is 0.352 e. The van der Waals surface area contributed by atoms with Gasteiger partial charge in [0.05, 0.1) is 0 Å². The van der Waals surface area contributed by atoms with Crippen molar-refractivity contribution in [3.63, 3.8) is 0 Å². The number of amides is 2. The molecule has 156 valence electrons. The van der Waals surface area contributed by atoms with Gasteiger partial charge in [-0.25, -0.2) is 4.79 Å². The fourth-order valence-electron chi connectivity index (χ4n) is 2.83. The first kappa shape index (κ1) is 25.1. The number of hydrogen-bond acceptors (Lipinski definition) is 8. The molecule has 5 N–H and O–H groups in total. The van der Waals surface area contributed by atoms with E-state index in [2.05, 4.69) is 5.32 Å². The minimum atomic E-state index is -1.31. The molecular weight excluding hydrogens is 460 g/mol. The zero-order chi connectivity index (χ0) is 21.0. The molecule has 0 aromatic heterocycles. The van der Waals surface area contributed by atoms with Gasteiger partial charge in [-0.1, -0.05) is 0 Å². The molecule has 29 heavy (non-hydrogen) atoms. The zero-order valence-corrected chi connectivity index (χ0v) is 19.5. The number of carbonyl (C=O) groups excluding carboxylic acids is 3. The van der Waals surface area contributed by atoms with E-state index in [1.165, 1.54) is 18.7 Å². The second-order valence-electron chi connectivity index (χ2n) is 6.33. The molecule has 1 fully saturated rings. The molecule has 0 aliphatic carbocycles. The molecule has 0 spiro atoms. The van der Waals surface area contributed by atoms with Gasteiger partial charge in [-0.05, 0) is 12.8 Å². The fraction of sp³-hybridized carbons (Fsp3) is 0.562. The Morgan fingerprint density at radius 2 is 2.00 bits per heavy atom. The molecule has 11 nitrogen and oxygen atoms in total. The van der Waals surface area contributed by atoms with Crippen molar-refractivity contribution >= 4 is 41.5 Å². The van der Waals surface area contributed by atoms with E-state index in [0.29, 0.717) is 5.57 Å². The Bertz CT molecular complexity index is 744. The summed E-state index contributed by atoms with van der Waals surface area (Å²) in [6.07, 6.45) is 0.368. The van der Waals surface area contributed by atoms with Crippen molar-refractivity contribution in [3.05, 3.63) is 11.3 Å². The summed E-state index contributed by atoms with van der Waals surface area (Å²) >= 11 is 1.26. The third-order valence-electron chi connectivity index (χ3n) is 4.25. The van der Waals surface area contributed by atoms with Crippen molar-refractivity contribution in [2.24, 2.45) is 5.73 Å². The summed E-state index contributed by atoms with van der Waals surface area (Å²) in [5.74, 6) is -3.79. The summed E-state index contributed by atoms with van der Waals surface area (Å²) in [5, 5.41) is 20.1. The van der Waals surface area contributed by atoms with Gasteiger partial charge in [0.1, 0.15) is 29.8 Å². The van der Waals surface area contributed by atoms with Crippen molar-refractivity contribution in [1.82, 2.24) is 10.2 Å². The SMILES string of the molecule is CC(=O)OCC1=C(C(=O)O)N2C(=O)[C@@H](NC(=O)CCCC(N)C(=O)O)C2SC1.[Zn]. The van der Waals surface area contributed by atoms with Crippen LogP contribution in [0.15, 0.2) is 11.3 Å². The average Bonchev–Trinajstić information content (AvgIpc) is 2.62. The van der Waals surface area contributed by atoms with E-state index in [-0.39, 0.29) is 56.8 Å². The monoisotopic (exact) mass is 479 g/mol. The van der Waals surface area contributed by atoms with Crippen LogP contribution in [0, 0.1) is 0 Å². The number of rotatable bonds is 9. The second-order valence-corrected chi connectivity index (χ2v) is 7.43. The van der Waals surface area contributed by atoms with Crippen LogP contribution < -0.4 is 11.1 Å². The number of nitrogens with zero attached hydrogens (tertiary/aromatic N) is 1. The van der Waals surface area contributed by atoms with E-state index in [0.717, 1.165) is 4.90 Å². The fourth-order valence-corrected chi connectivity index (χ4v) is 4.16. The average molecular weight is 481 g/mol. The molecule has 2 amide bonds. The van der Waals surface area contributed by atoms with Gasteiger partial charge in [0, 0.05) is 44.1 Å². The van der Waals surface area contributed by atoms with Gasteiger partial charge in [0.25, 0.3) is 5.91 Å². The minimum absolute atomic E-state index is 0. The van der Waals surface area contributed by atoms with Gasteiger partial charge in [0.2, 0.25) is 5.91 Å². The summed E-state index contributed by atoms with van der Waals surface area (Å²) < 4.78 is 4.84. The number of carboxylic acid groups (broad SMARTS) is 2. The van der Waals surface area contributed by atoms with Crippen LogP contribution in [-0.2, 0) is 48.2 Å². The molecule has 2 heterocycles. The molecule has 2 aliphatic rings. The van der Waals surface area contributed by atoms with Crippen LogP contribution in [0.2, 0.25) is 0 Å². The number of β-lactam (4-membered cyclic amide) rings is 1. The predicted octanol–water partition coefficient (Wildman–Crippen LogP) is -1.13. The number of nitrogens with two attached hydrogens (primary N) is 1. The van der Waals surface area contributed by atoms with Crippen molar-refractivity contribution in [2.75, 3.05) is 12.4 Å². The maximum atomic E-state index is 12.4. The summed E-state index contributed by atoms with van der Waals surface area (Å²) in [6, 6.07) is -1.92. The van der Waals surface area contributed by atoms with Gasteiger partial charge in [-0.3, -0.25) is 24.1 Å². The summed E-state index contributed by atoms with van der Waals surface area (Å²) in [5.41, 5.74) is 5.44. The number of nitrogens with one attached hydrogen (secondary N) is 1. The topological polar surface area (TPSA) is 176 Å². The van der Waals surface area contributed by atoms with Crippen LogP contribution in [0.25, 0.3) is 0 Å². The molecule has 3 atom stereocenters. The van der Waals surface area contributed by atoms with Crippen LogP contribution in [0.3, 0.4) is 0 Å². The molecule has 0 aromatic rings. The number of carbonyl (C=O) groups is 5. The Hall–Kier alpha value is -1.98. The number of carboxylic acids is 2. The van der Waals surface area contributed by atoms with Gasteiger partial charge in [-0.2, -0.15) is 0 Å². The van der Waals surface area contributed by atoms with Gasteiger partial charge < -0.3 is 26.0 Å². The Morgan fingerprint density at radius 3 is 2.55 bits per heavy atom. The first-order chi connectivity index (χ1) is 13.1. The van der Waals surface area contributed by atoms with Gasteiger partial charge in [0.15, 0.2) is 0 Å². The quantitative estimate of drug-likeness (QED) is 0.179. The first-order valence-electron chi connectivity index (χ1n) is 8.44. The minimum Gasteiger partial charge on any atom is -0.480 e. The predicted molar refractivity (Wildman–Crippen MR) is 95.8 cm³/mol. The summed E-state index contributed by atoms with van der Waals surface area (Å²) in [6.45, 7) is 0.977. The van der Waals surface area contributed by atoms with E-state index in [1.807, 2.05) is 0 Å². The molecule has 2 aliphatic heterocycles. The number of ether oxygens (including phenoxy) is 1. The van der Waals surface area contributed by atoms with Crippen LogP contribution in [0.5, 0.6) is 0 Å². The molecule has 0 aromatic carbocycles. The maximum absolute atomic E-state index is 12.4. The van der Waals surface area contributed by atoms with Crippen molar-refractivity contribution in [2.45, 2.75) is 43.6 Å². The van der Waals surface area contributed by atoms with Crippen LogP contribution >= 0.6 is 11.8 Å². The number of fused-ring (bicyclic) bond motifs is 1. The molecule has 0 radical (unpaired) electrons. The standard InChI is InChI=1S/C16H21N3O8S.Zn/c1-7(20)27-5-8-6-28-14-11(13(22)19(14)12(8)16(25)26)18-10(21)4-2-3-9(17)15(23)24;/h9,11,14H,2-6,17H2,1H3,(H,18,21)(H,23,24)(H,25,26);/t9?,11-,14?;/m1./s1. The number of esters is 1. The molecule has 13 heteroatoms. The first-order valence-corrected chi connectivity index (χ1v) is 9.49.